The number of carbonyl (C=O) groups excluding carboxylic acids is 3. The number of aromatic nitrogens is 1. The van der Waals surface area contributed by atoms with Crippen LogP contribution in [0.2, 0.25) is 0 Å². The number of benzene rings is 1. The highest BCUT2D eigenvalue weighted by molar-refractivity contribution is 6.21. The Morgan fingerprint density at radius 2 is 1.82 bits per heavy atom. The van der Waals surface area contributed by atoms with Crippen LogP contribution in [-0.4, -0.2) is 73.2 Å². The zero-order chi connectivity index (χ0) is 28.4. The van der Waals surface area contributed by atoms with Gasteiger partial charge in [-0.25, -0.2) is 4.79 Å². The molecule has 0 spiro atoms. The third kappa shape index (κ3) is 4.60. The molecular weight excluding hydrogens is 502 g/mol. The molecule has 10 nitrogen and oxygen atoms in total. The minimum atomic E-state index is -0.963. The van der Waals surface area contributed by atoms with E-state index >= 15 is 0 Å². The molecule has 208 valence electrons. The fourth-order valence-corrected chi connectivity index (χ4v) is 6.33. The fourth-order valence-electron chi connectivity index (χ4n) is 6.33. The fraction of sp³-hybridized carbons (Fsp3) is 0.517. The normalized spacial score (nSPS) is 24.1. The van der Waals surface area contributed by atoms with E-state index in [-0.39, 0.29) is 46.2 Å². The molecule has 4 unspecified atom stereocenters. The second kappa shape index (κ2) is 9.51. The van der Waals surface area contributed by atoms with E-state index in [0.29, 0.717) is 36.5 Å². The smallest absolute Gasteiger partial charge is 0.507 e. The zero-order valence-electron chi connectivity index (χ0n) is 23.4. The van der Waals surface area contributed by atoms with Crippen molar-refractivity contribution in [3.05, 3.63) is 46.2 Å². The quantitative estimate of drug-likeness (QED) is 0.349. The Balaban J connectivity index is 1.61. The molecule has 10 heteroatoms. The number of hydrogen-bond donors (Lipinski definition) is 1. The van der Waals surface area contributed by atoms with Gasteiger partial charge in [0.1, 0.15) is 28.4 Å². The molecule has 1 heterocycles. The first kappa shape index (κ1) is 26.9. The predicted octanol–water partition coefficient (Wildman–Crippen LogP) is 3.93. The van der Waals surface area contributed by atoms with Gasteiger partial charge in [0.15, 0.2) is 17.4 Å². The Hall–Kier alpha value is -3.66. The molecular formula is C29H35N3O7. The predicted molar refractivity (Wildman–Crippen MR) is 143 cm³/mol. The molecule has 1 N–H and O–H groups in total. The third-order valence-corrected chi connectivity index (χ3v) is 7.74. The van der Waals surface area contributed by atoms with E-state index < -0.39 is 23.5 Å². The van der Waals surface area contributed by atoms with Crippen LogP contribution in [0.1, 0.15) is 48.0 Å². The average molecular weight is 538 g/mol. The molecule has 1 aromatic carbocycles. The topological polar surface area (TPSA) is 122 Å². The molecule has 2 aromatic rings. The van der Waals surface area contributed by atoms with Crippen LogP contribution >= 0.6 is 0 Å². The lowest BCUT2D eigenvalue weighted by Gasteiger charge is -2.47. The summed E-state index contributed by atoms with van der Waals surface area (Å²) in [6.07, 6.45) is -0.0422. The van der Waals surface area contributed by atoms with E-state index in [0.717, 1.165) is 5.56 Å². The molecule has 3 aliphatic rings. The number of allylic oxidation sites excluding steroid dienone is 1. The van der Waals surface area contributed by atoms with Gasteiger partial charge in [0.05, 0.1) is 11.5 Å². The maximum atomic E-state index is 14.1. The van der Waals surface area contributed by atoms with Crippen molar-refractivity contribution in [3.63, 3.8) is 0 Å². The van der Waals surface area contributed by atoms with Crippen LogP contribution in [0.4, 0.5) is 10.6 Å². The van der Waals surface area contributed by atoms with Gasteiger partial charge in [-0.1, -0.05) is 17.3 Å². The minimum absolute atomic E-state index is 0.107. The lowest BCUT2D eigenvalue weighted by molar-refractivity contribution is -0.123. The van der Waals surface area contributed by atoms with Crippen molar-refractivity contribution in [3.8, 4) is 5.75 Å². The van der Waals surface area contributed by atoms with Crippen molar-refractivity contribution in [2.45, 2.75) is 39.2 Å². The summed E-state index contributed by atoms with van der Waals surface area (Å²) in [7, 11) is 7.44. The SMILES string of the molecule is CN(C)CC1C2Cc3cccc(OC(=O)OC(C)(C)C)c3C(O)=C2C(=O)C2C(=O)c3c(N(C)C)noc3CC21. The van der Waals surface area contributed by atoms with Crippen LogP contribution in [0.3, 0.4) is 0 Å². The highest BCUT2D eigenvalue weighted by Crippen LogP contribution is 2.52. The first-order valence-corrected chi connectivity index (χ1v) is 13.1. The minimum Gasteiger partial charge on any atom is -0.507 e. The number of aliphatic hydroxyl groups is 1. The first-order valence-electron chi connectivity index (χ1n) is 13.1. The molecule has 4 atom stereocenters. The standard InChI is InChI=1S/C29H35N3O7/c1-29(2,3)38-28(36)37-18-10-8-9-14-11-15-17(13-31(4)5)16-12-19-23(27(30-39-19)32(6)7)26(35)22(16)25(34)21(15)24(33)20(14)18/h8-10,15-17,22,33H,11-13H2,1-7H3. The van der Waals surface area contributed by atoms with Crippen molar-refractivity contribution < 1.29 is 33.5 Å². The summed E-state index contributed by atoms with van der Waals surface area (Å²) in [5.74, 6) is -1.67. The van der Waals surface area contributed by atoms with Crippen molar-refractivity contribution in [1.82, 2.24) is 10.1 Å². The summed E-state index contributed by atoms with van der Waals surface area (Å²) in [5.41, 5.74) is 0.832. The second-order valence-electron chi connectivity index (χ2n) is 12.1. The molecule has 1 aromatic heterocycles. The average Bonchev–Trinajstić information content (AvgIpc) is 3.25. The second-order valence-corrected chi connectivity index (χ2v) is 12.1. The summed E-state index contributed by atoms with van der Waals surface area (Å²) in [6.45, 7) is 5.79. The van der Waals surface area contributed by atoms with E-state index in [1.54, 1.807) is 51.9 Å². The summed E-state index contributed by atoms with van der Waals surface area (Å²) in [4.78, 5) is 44.2. The van der Waals surface area contributed by atoms with Crippen LogP contribution in [0.25, 0.3) is 5.76 Å². The first-order chi connectivity index (χ1) is 18.3. The molecule has 1 saturated carbocycles. The number of ether oxygens (including phenoxy) is 2. The lowest BCUT2D eigenvalue weighted by atomic mass is 9.56. The monoisotopic (exact) mass is 537 g/mol. The van der Waals surface area contributed by atoms with Gasteiger partial charge in [-0.15, -0.1) is 0 Å². The molecule has 39 heavy (non-hydrogen) atoms. The summed E-state index contributed by atoms with van der Waals surface area (Å²) >= 11 is 0. The maximum Gasteiger partial charge on any atom is 0.514 e. The number of nitrogens with zero attached hydrogens (tertiary/aromatic N) is 3. The van der Waals surface area contributed by atoms with E-state index in [9.17, 15) is 19.5 Å². The van der Waals surface area contributed by atoms with Gasteiger partial charge in [0.2, 0.25) is 0 Å². The molecule has 3 aliphatic carbocycles. The van der Waals surface area contributed by atoms with E-state index in [2.05, 4.69) is 5.16 Å². The number of Topliss-reactive ketones (excluding diaryl/α,β-unsaturated/α-hetero) is 2. The number of ketones is 2. The molecule has 0 aliphatic heterocycles. The largest absolute Gasteiger partial charge is 0.514 e. The van der Waals surface area contributed by atoms with Gasteiger partial charge in [-0.3, -0.25) is 9.59 Å². The van der Waals surface area contributed by atoms with Crippen molar-refractivity contribution in [2.24, 2.45) is 23.7 Å². The Bertz CT molecular complexity index is 1380. The third-order valence-electron chi connectivity index (χ3n) is 7.74. The number of anilines is 1. The number of rotatable bonds is 4. The van der Waals surface area contributed by atoms with Crippen LogP contribution in [0.15, 0.2) is 28.3 Å². The Morgan fingerprint density at radius 3 is 2.46 bits per heavy atom. The molecule has 0 amide bonds. The number of hydrogen-bond acceptors (Lipinski definition) is 10. The highest BCUT2D eigenvalue weighted by atomic mass is 16.7. The highest BCUT2D eigenvalue weighted by Gasteiger charge is 2.56. The van der Waals surface area contributed by atoms with E-state index in [1.165, 1.54) is 0 Å². The molecule has 0 saturated heterocycles. The van der Waals surface area contributed by atoms with Gasteiger partial charge in [0, 0.05) is 32.6 Å². The zero-order valence-corrected chi connectivity index (χ0v) is 23.4. The van der Waals surface area contributed by atoms with Gasteiger partial charge >= 0.3 is 6.16 Å². The van der Waals surface area contributed by atoms with Crippen LogP contribution in [-0.2, 0) is 22.4 Å². The summed E-state index contributed by atoms with van der Waals surface area (Å²) in [6, 6.07) is 5.17. The van der Waals surface area contributed by atoms with Gasteiger partial charge in [-0.05, 0) is 70.7 Å². The number of carbonyl (C=O) groups is 3. The van der Waals surface area contributed by atoms with Crippen molar-refractivity contribution in [1.29, 1.82) is 0 Å². The van der Waals surface area contributed by atoms with Gasteiger partial charge < -0.3 is 28.9 Å². The maximum absolute atomic E-state index is 14.1. The lowest BCUT2D eigenvalue weighted by Crippen LogP contribution is -2.53. The van der Waals surface area contributed by atoms with Gasteiger partial charge in [0.25, 0.3) is 0 Å². The van der Waals surface area contributed by atoms with Crippen molar-refractivity contribution in [2.75, 3.05) is 39.6 Å². The Kier molecular flexibility index (Phi) is 6.57. The van der Waals surface area contributed by atoms with Crippen molar-refractivity contribution >= 4 is 29.3 Å². The van der Waals surface area contributed by atoms with Gasteiger partial charge in [-0.2, -0.15) is 0 Å². The number of fused-ring (bicyclic) bond motifs is 4. The van der Waals surface area contributed by atoms with Crippen LogP contribution in [0, 0.1) is 23.7 Å². The van der Waals surface area contributed by atoms with Crippen LogP contribution in [0.5, 0.6) is 5.75 Å². The summed E-state index contributed by atoms with van der Waals surface area (Å²) < 4.78 is 16.4. The Morgan fingerprint density at radius 1 is 1.10 bits per heavy atom. The van der Waals surface area contributed by atoms with E-state index in [1.807, 2.05) is 25.1 Å². The number of aliphatic hydroxyl groups excluding tert-OH is 1. The molecule has 0 radical (unpaired) electrons. The van der Waals surface area contributed by atoms with Crippen LogP contribution < -0.4 is 9.64 Å². The summed E-state index contributed by atoms with van der Waals surface area (Å²) in [5, 5.41) is 15.7. The molecule has 0 bridgehead atoms. The molecule has 1 fully saturated rings. The molecule has 5 rings (SSSR count). The Labute approximate surface area is 227 Å². The van der Waals surface area contributed by atoms with E-state index in [4.69, 9.17) is 14.0 Å².